The van der Waals surface area contributed by atoms with Crippen molar-refractivity contribution in [1.29, 1.82) is 0 Å². The van der Waals surface area contributed by atoms with Gasteiger partial charge in [0, 0.05) is 29.8 Å². The van der Waals surface area contributed by atoms with Gasteiger partial charge in [-0.2, -0.15) is 0 Å². The molecule has 2 aromatic heterocycles. The minimum atomic E-state index is -0.149. The lowest BCUT2D eigenvalue weighted by atomic mass is 10.2. The van der Waals surface area contributed by atoms with Crippen LogP contribution in [0.25, 0.3) is 11.5 Å². The molecule has 0 saturated heterocycles. The molecule has 2 heterocycles. The highest BCUT2D eigenvalue weighted by molar-refractivity contribution is 9.10. The van der Waals surface area contributed by atoms with E-state index in [4.69, 9.17) is 4.42 Å². The van der Waals surface area contributed by atoms with E-state index in [1.54, 1.807) is 24.5 Å². The summed E-state index contributed by atoms with van der Waals surface area (Å²) in [7, 11) is 0. The second-order valence-electron chi connectivity index (χ2n) is 4.73. The Morgan fingerprint density at radius 2 is 2.04 bits per heavy atom. The first-order chi connectivity index (χ1) is 11.2. The molecule has 23 heavy (non-hydrogen) atoms. The van der Waals surface area contributed by atoms with E-state index in [0.717, 1.165) is 10.0 Å². The number of aromatic nitrogens is 3. The van der Waals surface area contributed by atoms with Crippen LogP contribution in [0.5, 0.6) is 0 Å². The lowest BCUT2D eigenvalue weighted by Crippen LogP contribution is -2.26. The van der Waals surface area contributed by atoms with Crippen molar-refractivity contribution in [3.8, 4) is 11.5 Å². The van der Waals surface area contributed by atoms with E-state index in [9.17, 15) is 4.79 Å². The van der Waals surface area contributed by atoms with E-state index in [0.29, 0.717) is 30.3 Å². The van der Waals surface area contributed by atoms with E-state index in [2.05, 4.69) is 36.4 Å². The van der Waals surface area contributed by atoms with Crippen molar-refractivity contribution in [1.82, 2.24) is 20.5 Å². The maximum Gasteiger partial charge on any atom is 0.252 e. The second kappa shape index (κ2) is 7.15. The molecule has 0 saturated carbocycles. The number of benzene rings is 1. The maximum absolute atomic E-state index is 12.1. The van der Waals surface area contributed by atoms with Crippen LogP contribution in [-0.4, -0.2) is 27.6 Å². The molecule has 0 spiro atoms. The Morgan fingerprint density at radius 1 is 1.17 bits per heavy atom. The normalized spacial score (nSPS) is 10.5. The molecule has 0 aliphatic heterocycles. The zero-order valence-electron chi connectivity index (χ0n) is 12.1. The van der Waals surface area contributed by atoms with Crippen molar-refractivity contribution in [2.75, 3.05) is 6.54 Å². The number of rotatable bonds is 5. The molecule has 7 heteroatoms. The smallest absolute Gasteiger partial charge is 0.252 e. The van der Waals surface area contributed by atoms with Crippen molar-refractivity contribution in [2.24, 2.45) is 0 Å². The fourth-order valence-corrected chi connectivity index (χ4v) is 2.45. The maximum atomic E-state index is 12.1. The first kappa shape index (κ1) is 15.4. The summed E-state index contributed by atoms with van der Waals surface area (Å²) in [5.74, 6) is 0.742. The Hall–Kier alpha value is -2.54. The Bertz CT molecular complexity index is 805. The van der Waals surface area contributed by atoms with Crippen molar-refractivity contribution in [3.63, 3.8) is 0 Å². The number of carbonyl (C=O) groups excluding carboxylic acids is 1. The van der Waals surface area contributed by atoms with Crippen LogP contribution in [0.3, 0.4) is 0 Å². The van der Waals surface area contributed by atoms with Gasteiger partial charge in [-0.3, -0.25) is 9.78 Å². The molecule has 1 N–H and O–H groups in total. The van der Waals surface area contributed by atoms with Gasteiger partial charge in [0.25, 0.3) is 5.91 Å². The molecule has 6 nitrogen and oxygen atoms in total. The van der Waals surface area contributed by atoms with E-state index in [1.807, 2.05) is 24.3 Å². The minimum Gasteiger partial charge on any atom is -0.421 e. The van der Waals surface area contributed by atoms with Gasteiger partial charge in [-0.05, 0) is 40.2 Å². The predicted molar refractivity (Wildman–Crippen MR) is 87.7 cm³/mol. The van der Waals surface area contributed by atoms with Gasteiger partial charge < -0.3 is 9.73 Å². The van der Waals surface area contributed by atoms with Gasteiger partial charge >= 0.3 is 0 Å². The summed E-state index contributed by atoms with van der Waals surface area (Å²) >= 11 is 3.36. The standard InChI is InChI=1S/C16H13BrN4O2/c17-13-6-2-1-5-12(13)15(22)19-9-7-14-20-21-16(23-14)11-4-3-8-18-10-11/h1-6,8,10H,7,9H2,(H,19,22). The fraction of sp³-hybridized carbons (Fsp3) is 0.125. The second-order valence-corrected chi connectivity index (χ2v) is 5.58. The number of hydrogen-bond donors (Lipinski definition) is 1. The number of nitrogens with one attached hydrogen (secondary N) is 1. The summed E-state index contributed by atoms with van der Waals surface area (Å²) in [6, 6.07) is 10.9. The molecule has 116 valence electrons. The number of halogens is 1. The van der Waals surface area contributed by atoms with Crippen molar-refractivity contribution < 1.29 is 9.21 Å². The Labute approximate surface area is 141 Å². The summed E-state index contributed by atoms with van der Waals surface area (Å²) in [6.07, 6.45) is 3.80. The summed E-state index contributed by atoms with van der Waals surface area (Å²) in [5, 5.41) is 10.8. The summed E-state index contributed by atoms with van der Waals surface area (Å²) in [4.78, 5) is 16.1. The number of nitrogens with zero attached hydrogens (tertiary/aromatic N) is 3. The van der Waals surface area contributed by atoms with Crippen molar-refractivity contribution in [3.05, 3.63) is 64.7 Å². The van der Waals surface area contributed by atoms with Crippen LogP contribution in [0.2, 0.25) is 0 Å². The van der Waals surface area contributed by atoms with E-state index in [1.165, 1.54) is 0 Å². The summed E-state index contributed by atoms with van der Waals surface area (Å²) < 4.78 is 6.32. The number of pyridine rings is 1. The zero-order chi connectivity index (χ0) is 16.1. The lowest BCUT2D eigenvalue weighted by Gasteiger charge is -2.05. The largest absolute Gasteiger partial charge is 0.421 e. The molecule has 0 radical (unpaired) electrons. The average molecular weight is 373 g/mol. The molecule has 0 atom stereocenters. The monoisotopic (exact) mass is 372 g/mol. The average Bonchev–Trinajstić information content (AvgIpc) is 3.05. The first-order valence-corrected chi connectivity index (χ1v) is 7.79. The highest BCUT2D eigenvalue weighted by atomic mass is 79.9. The van der Waals surface area contributed by atoms with Gasteiger partial charge in [-0.25, -0.2) is 0 Å². The molecule has 0 bridgehead atoms. The molecule has 0 unspecified atom stereocenters. The van der Waals surface area contributed by atoms with Gasteiger partial charge in [-0.1, -0.05) is 12.1 Å². The molecule has 1 amide bonds. The highest BCUT2D eigenvalue weighted by Crippen LogP contribution is 2.17. The molecule has 0 fully saturated rings. The molecule has 1 aromatic carbocycles. The third-order valence-electron chi connectivity index (χ3n) is 3.12. The van der Waals surface area contributed by atoms with Gasteiger partial charge in [0.05, 0.1) is 11.1 Å². The van der Waals surface area contributed by atoms with Crippen LogP contribution in [0, 0.1) is 0 Å². The third-order valence-corrected chi connectivity index (χ3v) is 3.81. The van der Waals surface area contributed by atoms with Gasteiger partial charge in [0.1, 0.15) is 0 Å². The van der Waals surface area contributed by atoms with Crippen LogP contribution in [0.1, 0.15) is 16.2 Å². The van der Waals surface area contributed by atoms with Gasteiger partial charge in [-0.15, -0.1) is 10.2 Å². The van der Waals surface area contributed by atoms with E-state index in [-0.39, 0.29) is 5.91 Å². The summed E-state index contributed by atoms with van der Waals surface area (Å²) in [6.45, 7) is 0.412. The fourth-order valence-electron chi connectivity index (χ4n) is 1.98. The van der Waals surface area contributed by atoms with Crippen molar-refractivity contribution in [2.45, 2.75) is 6.42 Å². The number of carbonyl (C=O) groups is 1. The van der Waals surface area contributed by atoms with Gasteiger partial charge in [0.15, 0.2) is 0 Å². The number of amides is 1. The van der Waals surface area contributed by atoms with Gasteiger partial charge in [0.2, 0.25) is 11.8 Å². The topological polar surface area (TPSA) is 80.9 Å². The molecule has 3 rings (SSSR count). The minimum absolute atomic E-state index is 0.149. The highest BCUT2D eigenvalue weighted by Gasteiger charge is 2.11. The Balaban J connectivity index is 1.56. The van der Waals surface area contributed by atoms with Crippen LogP contribution >= 0.6 is 15.9 Å². The lowest BCUT2D eigenvalue weighted by molar-refractivity contribution is 0.0953. The zero-order valence-corrected chi connectivity index (χ0v) is 13.7. The van der Waals surface area contributed by atoms with E-state index < -0.39 is 0 Å². The Kier molecular flexibility index (Phi) is 4.77. The van der Waals surface area contributed by atoms with Crippen LogP contribution in [0.15, 0.2) is 57.7 Å². The van der Waals surface area contributed by atoms with Crippen molar-refractivity contribution >= 4 is 21.8 Å². The first-order valence-electron chi connectivity index (χ1n) is 6.99. The summed E-state index contributed by atoms with van der Waals surface area (Å²) in [5.41, 5.74) is 1.36. The predicted octanol–water partition coefficient (Wildman–Crippen LogP) is 2.87. The molecular formula is C16H13BrN4O2. The van der Waals surface area contributed by atoms with Crippen LogP contribution in [-0.2, 0) is 6.42 Å². The number of hydrogen-bond acceptors (Lipinski definition) is 5. The molecule has 0 aliphatic rings. The SMILES string of the molecule is O=C(NCCc1nnc(-c2cccnc2)o1)c1ccccc1Br. The molecular weight excluding hydrogens is 360 g/mol. The third kappa shape index (κ3) is 3.81. The Morgan fingerprint density at radius 3 is 2.83 bits per heavy atom. The van der Waals surface area contributed by atoms with E-state index >= 15 is 0 Å². The van der Waals surface area contributed by atoms with Crippen LogP contribution < -0.4 is 5.32 Å². The molecule has 0 aliphatic carbocycles. The quantitative estimate of drug-likeness (QED) is 0.744. The molecule has 3 aromatic rings. The van der Waals surface area contributed by atoms with Crippen LogP contribution in [0.4, 0.5) is 0 Å².